The highest BCUT2D eigenvalue weighted by molar-refractivity contribution is 6.42. The first-order chi connectivity index (χ1) is 12.6. The van der Waals surface area contributed by atoms with Crippen LogP contribution in [-0.4, -0.2) is 17.9 Å². The molecule has 1 aromatic heterocycles. The van der Waals surface area contributed by atoms with E-state index in [9.17, 15) is 4.79 Å². The topological polar surface area (TPSA) is 42.7 Å². The molecule has 0 atom stereocenters. The summed E-state index contributed by atoms with van der Waals surface area (Å²) in [7, 11) is 1.68. The molecular weight excluding hydrogens is 373 g/mol. The molecule has 0 fully saturated rings. The zero-order valence-corrected chi connectivity index (χ0v) is 15.6. The average Bonchev–Trinajstić information content (AvgIpc) is 3.12. The fourth-order valence-electron chi connectivity index (χ4n) is 2.49. The summed E-state index contributed by atoms with van der Waals surface area (Å²) in [5.74, 6) is 0.727. The highest BCUT2D eigenvalue weighted by Gasteiger charge is 2.21. The summed E-state index contributed by atoms with van der Waals surface area (Å²) < 4.78 is 11.1. The van der Waals surface area contributed by atoms with Gasteiger partial charge in [-0.15, -0.1) is 0 Å². The van der Waals surface area contributed by atoms with Crippen molar-refractivity contribution in [3.8, 4) is 5.75 Å². The van der Waals surface area contributed by atoms with E-state index < -0.39 is 0 Å². The Hall–Kier alpha value is -2.43. The van der Waals surface area contributed by atoms with E-state index in [2.05, 4.69) is 0 Å². The van der Waals surface area contributed by atoms with Crippen molar-refractivity contribution >= 4 is 29.1 Å². The predicted octanol–water partition coefficient (Wildman–Crippen LogP) is 5.44. The van der Waals surface area contributed by atoms with Crippen LogP contribution in [-0.2, 0) is 13.2 Å². The second-order valence-corrected chi connectivity index (χ2v) is 6.54. The van der Waals surface area contributed by atoms with Crippen molar-refractivity contribution in [1.82, 2.24) is 4.90 Å². The van der Waals surface area contributed by atoms with Crippen molar-refractivity contribution < 1.29 is 13.9 Å². The van der Waals surface area contributed by atoms with E-state index in [-0.39, 0.29) is 18.3 Å². The zero-order valence-electron chi connectivity index (χ0n) is 14.1. The van der Waals surface area contributed by atoms with Crippen LogP contribution in [0.2, 0.25) is 10.0 Å². The van der Waals surface area contributed by atoms with Gasteiger partial charge in [-0.05, 0) is 29.8 Å². The number of hydrogen-bond acceptors (Lipinski definition) is 3. The van der Waals surface area contributed by atoms with Gasteiger partial charge in [0.15, 0.2) is 5.76 Å². The molecule has 2 aromatic carbocycles. The number of benzene rings is 2. The summed E-state index contributed by atoms with van der Waals surface area (Å²) >= 11 is 12.2. The van der Waals surface area contributed by atoms with Gasteiger partial charge in [-0.1, -0.05) is 53.5 Å². The van der Waals surface area contributed by atoms with Crippen molar-refractivity contribution in [2.24, 2.45) is 0 Å². The number of carbonyl (C=O) groups is 1. The lowest BCUT2D eigenvalue weighted by Gasteiger charge is -2.18. The number of rotatable bonds is 6. The first-order valence-electron chi connectivity index (χ1n) is 7.99. The van der Waals surface area contributed by atoms with Crippen LogP contribution in [0.1, 0.15) is 21.7 Å². The second-order valence-electron chi connectivity index (χ2n) is 5.75. The van der Waals surface area contributed by atoms with Crippen LogP contribution in [0.25, 0.3) is 0 Å². The summed E-state index contributed by atoms with van der Waals surface area (Å²) in [5.41, 5.74) is 1.45. The Labute approximate surface area is 161 Å². The van der Waals surface area contributed by atoms with E-state index in [1.165, 1.54) is 11.2 Å². The van der Waals surface area contributed by atoms with E-state index in [4.69, 9.17) is 32.4 Å². The lowest BCUT2D eigenvalue weighted by atomic mass is 10.2. The molecule has 3 rings (SSSR count). The molecule has 0 unspecified atom stereocenters. The minimum absolute atomic E-state index is 0.243. The normalized spacial score (nSPS) is 10.6. The minimum Gasteiger partial charge on any atom is -0.489 e. The largest absolute Gasteiger partial charge is 0.489 e. The van der Waals surface area contributed by atoms with Gasteiger partial charge in [0.25, 0.3) is 5.91 Å². The van der Waals surface area contributed by atoms with Gasteiger partial charge in [-0.25, -0.2) is 0 Å². The molecule has 26 heavy (non-hydrogen) atoms. The maximum Gasteiger partial charge on any atom is 0.290 e. The standard InChI is InChI=1S/C20H17Cl2NO3/c1-23(12-14-6-5-9-17(21)18(14)22)20(24)19-15(10-11-25-19)13-26-16-7-3-2-4-8-16/h2-11H,12-13H2,1H3. The van der Waals surface area contributed by atoms with Crippen LogP contribution < -0.4 is 4.74 Å². The number of para-hydroxylation sites is 1. The van der Waals surface area contributed by atoms with Crippen molar-refractivity contribution in [2.45, 2.75) is 13.2 Å². The van der Waals surface area contributed by atoms with Crippen molar-refractivity contribution in [3.63, 3.8) is 0 Å². The molecule has 134 valence electrons. The molecular formula is C20H17Cl2NO3. The predicted molar refractivity (Wildman–Crippen MR) is 102 cm³/mol. The van der Waals surface area contributed by atoms with Crippen LogP contribution in [0.4, 0.5) is 0 Å². The first-order valence-corrected chi connectivity index (χ1v) is 8.74. The van der Waals surface area contributed by atoms with E-state index in [0.717, 1.165) is 11.3 Å². The molecule has 0 saturated heterocycles. The van der Waals surface area contributed by atoms with Gasteiger partial charge in [0.05, 0.1) is 16.3 Å². The van der Waals surface area contributed by atoms with Crippen LogP contribution >= 0.6 is 23.2 Å². The van der Waals surface area contributed by atoms with Crippen molar-refractivity contribution in [3.05, 3.63) is 87.8 Å². The number of ether oxygens (including phenoxy) is 1. The third-order valence-corrected chi connectivity index (χ3v) is 4.72. The third-order valence-electron chi connectivity index (χ3n) is 3.86. The molecule has 1 amide bonds. The lowest BCUT2D eigenvalue weighted by Crippen LogP contribution is -2.27. The molecule has 0 saturated carbocycles. The van der Waals surface area contributed by atoms with Crippen LogP contribution in [0.5, 0.6) is 5.75 Å². The van der Waals surface area contributed by atoms with Gasteiger partial charge >= 0.3 is 0 Å². The Morgan fingerprint density at radius 3 is 2.58 bits per heavy atom. The monoisotopic (exact) mass is 389 g/mol. The minimum atomic E-state index is -0.252. The molecule has 0 aliphatic rings. The fraction of sp³-hybridized carbons (Fsp3) is 0.150. The van der Waals surface area contributed by atoms with Crippen LogP contribution in [0.15, 0.2) is 65.3 Å². The van der Waals surface area contributed by atoms with E-state index >= 15 is 0 Å². The lowest BCUT2D eigenvalue weighted by molar-refractivity contribution is 0.0749. The van der Waals surface area contributed by atoms with Gasteiger partial charge in [0, 0.05) is 19.2 Å². The molecule has 0 spiro atoms. The Balaban J connectivity index is 1.70. The summed E-state index contributed by atoms with van der Waals surface area (Å²) in [4.78, 5) is 14.3. The molecule has 0 aliphatic heterocycles. The van der Waals surface area contributed by atoms with Crippen LogP contribution in [0, 0.1) is 0 Å². The smallest absolute Gasteiger partial charge is 0.290 e. The molecule has 6 heteroatoms. The summed E-state index contributed by atoms with van der Waals surface area (Å²) in [6.45, 7) is 0.561. The molecule has 0 aliphatic carbocycles. The van der Waals surface area contributed by atoms with Gasteiger partial charge in [0.1, 0.15) is 12.4 Å². The summed E-state index contributed by atoms with van der Waals surface area (Å²) in [6.07, 6.45) is 1.48. The number of hydrogen-bond donors (Lipinski definition) is 0. The van der Waals surface area contributed by atoms with Crippen molar-refractivity contribution in [2.75, 3.05) is 7.05 Å². The number of furan rings is 1. The summed E-state index contributed by atoms with van der Waals surface area (Å²) in [6, 6.07) is 16.5. The number of carbonyl (C=O) groups excluding carboxylic acids is 1. The highest BCUT2D eigenvalue weighted by atomic mass is 35.5. The molecule has 1 heterocycles. The second kappa shape index (κ2) is 8.30. The molecule has 0 N–H and O–H groups in total. The Morgan fingerprint density at radius 2 is 1.81 bits per heavy atom. The quantitative estimate of drug-likeness (QED) is 0.563. The van der Waals surface area contributed by atoms with E-state index in [0.29, 0.717) is 22.2 Å². The fourth-order valence-corrected chi connectivity index (χ4v) is 2.87. The SMILES string of the molecule is CN(Cc1cccc(Cl)c1Cl)C(=O)c1occc1COc1ccccc1. The Morgan fingerprint density at radius 1 is 1.04 bits per heavy atom. The van der Waals surface area contributed by atoms with Gasteiger partial charge in [-0.3, -0.25) is 4.79 Å². The van der Waals surface area contributed by atoms with Crippen LogP contribution in [0.3, 0.4) is 0 Å². The van der Waals surface area contributed by atoms with E-state index in [1.807, 2.05) is 36.4 Å². The first kappa shape index (κ1) is 18.4. The zero-order chi connectivity index (χ0) is 18.5. The molecule has 3 aromatic rings. The third kappa shape index (κ3) is 4.21. The maximum atomic E-state index is 12.7. The van der Waals surface area contributed by atoms with Gasteiger partial charge in [0.2, 0.25) is 0 Å². The maximum absolute atomic E-state index is 12.7. The van der Waals surface area contributed by atoms with Gasteiger partial charge in [-0.2, -0.15) is 0 Å². The molecule has 4 nitrogen and oxygen atoms in total. The molecule has 0 bridgehead atoms. The Kier molecular flexibility index (Phi) is 5.86. The van der Waals surface area contributed by atoms with Crippen molar-refractivity contribution in [1.29, 1.82) is 0 Å². The number of nitrogens with zero attached hydrogens (tertiary/aromatic N) is 1. The van der Waals surface area contributed by atoms with E-state index in [1.54, 1.807) is 25.2 Å². The summed E-state index contributed by atoms with van der Waals surface area (Å²) in [5, 5.41) is 0.904. The molecule has 0 radical (unpaired) electrons. The number of halogens is 2. The average molecular weight is 390 g/mol. The van der Waals surface area contributed by atoms with Gasteiger partial charge < -0.3 is 14.1 Å². The highest BCUT2D eigenvalue weighted by Crippen LogP contribution is 2.27. The number of amides is 1. The Bertz CT molecular complexity index is 893.